The number of carbonyl (C=O) groups is 1. The zero-order chi connectivity index (χ0) is 28.9. The van der Waals surface area contributed by atoms with E-state index in [1.165, 1.54) is 6.20 Å². The van der Waals surface area contributed by atoms with Gasteiger partial charge in [-0.15, -0.1) is 0 Å². The normalized spacial score (nSPS) is 14.4. The van der Waals surface area contributed by atoms with Crippen LogP contribution in [0.3, 0.4) is 0 Å². The van der Waals surface area contributed by atoms with E-state index in [2.05, 4.69) is 16.5 Å². The number of fused-ring (bicyclic) bond motifs is 1. The largest absolute Gasteiger partial charge is 0.513 e. The van der Waals surface area contributed by atoms with Crippen LogP contribution in [0, 0.1) is 18.7 Å². The molecule has 1 fully saturated rings. The van der Waals surface area contributed by atoms with Gasteiger partial charge in [0.2, 0.25) is 0 Å². The number of hydrogen-bond acceptors (Lipinski definition) is 7. The van der Waals surface area contributed by atoms with E-state index in [9.17, 15) is 9.90 Å². The number of carbonyl (C=O) groups excluding carboxylic acids is 1. The molecule has 0 bridgehead atoms. The van der Waals surface area contributed by atoms with E-state index in [0.29, 0.717) is 52.8 Å². The van der Waals surface area contributed by atoms with Crippen molar-refractivity contribution in [2.75, 3.05) is 18.8 Å². The molecule has 0 aliphatic carbocycles. The van der Waals surface area contributed by atoms with Crippen molar-refractivity contribution >= 4 is 28.8 Å². The molecule has 1 aromatic carbocycles. The van der Waals surface area contributed by atoms with Gasteiger partial charge >= 0.3 is 0 Å². The zero-order valence-corrected chi connectivity index (χ0v) is 23.4. The van der Waals surface area contributed by atoms with Crippen LogP contribution in [0.4, 0.5) is 10.2 Å². The topological polar surface area (TPSA) is 119 Å². The second kappa shape index (κ2) is 10.4. The van der Waals surface area contributed by atoms with Crippen LogP contribution in [0.1, 0.15) is 54.3 Å². The second-order valence-corrected chi connectivity index (χ2v) is 10.7. The van der Waals surface area contributed by atoms with Crippen molar-refractivity contribution in [2.45, 2.75) is 39.7 Å². The molecule has 0 saturated carbocycles. The van der Waals surface area contributed by atoms with Gasteiger partial charge in [-0.25, -0.2) is 14.4 Å². The molecule has 4 aromatic rings. The number of aliphatic hydroxyl groups excluding tert-OH is 1. The summed E-state index contributed by atoms with van der Waals surface area (Å²) in [5.41, 5.74) is 8.93. The number of nitrogens with zero attached hydrogens (tertiary/aromatic N) is 5. The van der Waals surface area contributed by atoms with Crippen molar-refractivity contribution in [2.24, 2.45) is 5.92 Å². The predicted octanol–water partition coefficient (Wildman–Crippen LogP) is 5.56. The number of likely N-dealkylation sites (tertiary alicyclic amines) is 1. The molecule has 0 spiro atoms. The summed E-state index contributed by atoms with van der Waals surface area (Å²) in [5.74, 6) is -0.0391. The molecule has 4 heterocycles. The van der Waals surface area contributed by atoms with Gasteiger partial charge in [0.15, 0.2) is 5.82 Å². The summed E-state index contributed by atoms with van der Waals surface area (Å²) in [6.45, 7) is 11.8. The highest BCUT2D eigenvalue weighted by Crippen LogP contribution is 2.44. The van der Waals surface area contributed by atoms with Crippen LogP contribution in [0.15, 0.2) is 49.1 Å². The van der Waals surface area contributed by atoms with Crippen LogP contribution < -0.4 is 10.5 Å². The molecule has 1 saturated heterocycles. The van der Waals surface area contributed by atoms with Crippen molar-refractivity contribution in [3.8, 4) is 16.9 Å². The third kappa shape index (κ3) is 4.72. The fourth-order valence-electron chi connectivity index (χ4n) is 4.97. The van der Waals surface area contributed by atoms with Crippen LogP contribution in [-0.4, -0.2) is 54.5 Å². The number of hydrogen-bond donors (Lipinski definition) is 2. The molecule has 40 heavy (non-hydrogen) atoms. The van der Waals surface area contributed by atoms with Gasteiger partial charge < -0.3 is 20.5 Å². The van der Waals surface area contributed by atoms with Gasteiger partial charge in [-0.3, -0.25) is 14.2 Å². The Kier molecular flexibility index (Phi) is 7.14. The van der Waals surface area contributed by atoms with Crippen LogP contribution >= 0.6 is 11.6 Å². The summed E-state index contributed by atoms with van der Waals surface area (Å²) in [6, 6.07) is 4.73. The van der Waals surface area contributed by atoms with Gasteiger partial charge in [0.1, 0.15) is 28.6 Å². The fourth-order valence-corrected chi connectivity index (χ4v) is 5.18. The number of nitrogens with two attached hydrogens (primary N) is 1. The molecule has 5 rings (SSSR count). The molecule has 1 amide bonds. The van der Waals surface area contributed by atoms with Gasteiger partial charge in [0, 0.05) is 48.7 Å². The van der Waals surface area contributed by atoms with Crippen LogP contribution in [-0.2, 0) is 0 Å². The average Bonchev–Trinajstić information content (AvgIpc) is 3.22. The number of amides is 1. The lowest BCUT2D eigenvalue weighted by Crippen LogP contribution is -2.50. The second-order valence-electron chi connectivity index (χ2n) is 10.3. The van der Waals surface area contributed by atoms with Gasteiger partial charge in [-0.2, -0.15) is 0 Å². The van der Waals surface area contributed by atoms with Crippen molar-refractivity contribution in [1.82, 2.24) is 24.3 Å². The van der Waals surface area contributed by atoms with Crippen molar-refractivity contribution < 1.29 is 19.0 Å². The Labute approximate surface area is 236 Å². The number of pyridine rings is 1. The summed E-state index contributed by atoms with van der Waals surface area (Å²) < 4.78 is 23.8. The Hall–Kier alpha value is -4.18. The quantitative estimate of drug-likeness (QED) is 0.282. The fraction of sp³-hybridized carbons (Fsp3) is 0.310. The SMILES string of the molecule is C=C(O)C1CN(C(=O)c2ccc(-c3c(F)c(Cl)cc([C@H](C)c4nc(C)c5c(N)nccn45)c3OC(C)C)cn2)C1. The number of anilines is 1. The number of halogens is 2. The molecule has 11 heteroatoms. The molecule has 3 N–H and O–H groups in total. The first kappa shape index (κ1) is 27.4. The van der Waals surface area contributed by atoms with E-state index >= 15 is 4.39 Å². The van der Waals surface area contributed by atoms with Crippen molar-refractivity contribution in [3.05, 3.63) is 82.7 Å². The van der Waals surface area contributed by atoms with Gasteiger partial charge in [0.05, 0.1) is 34.1 Å². The highest BCUT2D eigenvalue weighted by atomic mass is 35.5. The Bertz CT molecular complexity index is 1630. The smallest absolute Gasteiger partial charge is 0.272 e. The molecule has 0 unspecified atom stereocenters. The summed E-state index contributed by atoms with van der Waals surface area (Å²) in [6.07, 6.45) is 4.54. The van der Waals surface area contributed by atoms with E-state index in [1.54, 1.807) is 35.5 Å². The standard InChI is InChI=1S/C29H30ClFN6O3/c1-14(2)40-26-20(15(3)28-35-16(4)25-27(32)33-8-9-37(25)28)10-21(30)24(31)23(26)18-6-7-22(34-11-18)29(39)36-12-19(13-36)17(5)38/h6-11,14-15,19,38H,5,12-13H2,1-4H3,(H2,32,33)/t15-/m0/s1. The minimum absolute atomic E-state index is 0.0603. The number of aromatic nitrogens is 4. The summed E-state index contributed by atoms with van der Waals surface area (Å²) >= 11 is 6.45. The Morgan fingerprint density at radius 3 is 2.62 bits per heavy atom. The Morgan fingerprint density at radius 2 is 2.00 bits per heavy atom. The Balaban J connectivity index is 1.57. The van der Waals surface area contributed by atoms with Gasteiger partial charge in [-0.05, 0) is 32.9 Å². The first-order valence-electron chi connectivity index (χ1n) is 12.9. The minimum atomic E-state index is -0.654. The Morgan fingerprint density at radius 1 is 1.27 bits per heavy atom. The molecule has 0 radical (unpaired) electrons. The number of aryl methyl sites for hydroxylation is 1. The number of rotatable bonds is 7. The predicted molar refractivity (Wildman–Crippen MR) is 151 cm³/mol. The maximum Gasteiger partial charge on any atom is 0.272 e. The number of nitrogen functional groups attached to an aromatic ring is 1. The molecule has 9 nitrogen and oxygen atoms in total. The molecular weight excluding hydrogens is 535 g/mol. The first-order valence-corrected chi connectivity index (χ1v) is 13.3. The maximum atomic E-state index is 15.7. The molecule has 1 atom stereocenters. The van der Waals surface area contributed by atoms with E-state index in [0.717, 1.165) is 0 Å². The van der Waals surface area contributed by atoms with E-state index < -0.39 is 5.82 Å². The molecule has 3 aromatic heterocycles. The van der Waals surface area contributed by atoms with Gasteiger partial charge in [-0.1, -0.05) is 31.2 Å². The van der Waals surface area contributed by atoms with Crippen LogP contribution in [0.5, 0.6) is 5.75 Å². The maximum absolute atomic E-state index is 15.7. The average molecular weight is 565 g/mol. The number of imidazole rings is 1. The lowest BCUT2D eigenvalue weighted by atomic mass is 9.93. The van der Waals surface area contributed by atoms with Crippen molar-refractivity contribution in [3.63, 3.8) is 0 Å². The number of aliphatic hydroxyl groups is 1. The van der Waals surface area contributed by atoms with E-state index in [-0.39, 0.29) is 45.9 Å². The number of ether oxygens (including phenoxy) is 1. The summed E-state index contributed by atoms with van der Waals surface area (Å²) in [5, 5.41) is 9.44. The summed E-state index contributed by atoms with van der Waals surface area (Å²) in [4.78, 5) is 27.6. The molecule has 1 aliphatic rings. The molecular formula is C29H30ClFN6O3. The van der Waals surface area contributed by atoms with Crippen LogP contribution in [0.2, 0.25) is 5.02 Å². The third-order valence-corrected chi connectivity index (χ3v) is 7.38. The molecule has 1 aliphatic heterocycles. The highest BCUT2D eigenvalue weighted by Gasteiger charge is 2.34. The monoisotopic (exact) mass is 564 g/mol. The minimum Gasteiger partial charge on any atom is -0.513 e. The van der Waals surface area contributed by atoms with Gasteiger partial charge in [0.25, 0.3) is 5.91 Å². The molecule has 208 valence electrons. The number of benzene rings is 1. The first-order chi connectivity index (χ1) is 19.0. The van der Waals surface area contributed by atoms with Crippen LogP contribution in [0.25, 0.3) is 16.6 Å². The third-order valence-electron chi connectivity index (χ3n) is 7.10. The lowest BCUT2D eigenvalue weighted by Gasteiger charge is -2.38. The zero-order valence-electron chi connectivity index (χ0n) is 22.7. The lowest BCUT2D eigenvalue weighted by molar-refractivity contribution is 0.0488. The van der Waals surface area contributed by atoms with Crippen molar-refractivity contribution in [1.29, 1.82) is 0 Å². The van der Waals surface area contributed by atoms with E-state index in [4.69, 9.17) is 27.1 Å². The van der Waals surface area contributed by atoms with E-state index in [1.807, 2.05) is 32.1 Å². The highest BCUT2D eigenvalue weighted by molar-refractivity contribution is 6.31. The summed E-state index contributed by atoms with van der Waals surface area (Å²) in [7, 11) is 0.